The fourth-order valence-electron chi connectivity index (χ4n) is 4.67. The number of para-hydroxylation sites is 1. The Hall–Kier alpha value is -2.76. The molecule has 0 radical (unpaired) electrons. The zero-order valence-electron chi connectivity index (χ0n) is 17.1. The lowest BCUT2D eigenvalue weighted by Gasteiger charge is -2.38. The normalized spacial score (nSPS) is 21.8. The number of hydrogen-bond donors (Lipinski definition) is 1. The number of nitrogens with one attached hydrogen (secondary N) is 1. The van der Waals surface area contributed by atoms with Crippen molar-refractivity contribution in [3.05, 3.63) is 101 Å². The third-order valence-corrected chi connectivity index (χ3v) is 8.38. The molecule has 0 amide bonds. The maximum absolute atomic E-state index is 13.3. The van der Waals surface area contributed by atoms with Gasteiger partial charge in [-0.05, 0) is 65.9 Å². The number of fused-ring (bicyclic) bond motifs is 3. The van der Waals surface area contributed by atoms with Crippen molar-refractivity contribution in [3.8, 4) is 0 Å². The molecule has 0 spiro atoms. The fraction of sp³-hybridized carbons (Fsp3) is 0.200. The molecule has 3 atom stereocenters. The Morgan fingerprint density at radius 3 is 2.48 bits per heavy atom. The minimum absolute atomic E-state index is 0.152. The largest absolute Gasteiger partial charge is 0.378 e. The summed E-state index contributed by atoms with van der Waals surface area (Å²) in [5.41, 5.74) is 3.84. The Morgan fingerprint density at radius 1 is 1.00 bits per heavy atom. The number of benzene rings is 3. The van der Waals surface area contributed by atoms with E-state index in [2.05, 4.69) is 29.6 Å². The van der Waals surface area contributed by atoms with Crippen molar-refractivity contribution in [2.45, 2.75) is 23.3 Å². The van der Waals surface area contributed by atoms with Crippen molar-refractivity contribution in [1.82, 2.24) is 0 Å². The second kappa shape index (κ2) is 7.74. The van der Waals surface area contributed by atoms with Gasteiger partial charge in [0.05, 0.1) is 16.6 Å². The number of allylic oxidation sites excluding steroid dienone is 2. The summed E-state index contributed by atoms with van der Waals surface area (Å²) >= 11 is 6.08. The number of rotatable bonds is 4. The van der Waals surface area contributed by atoms with Gasteiger partial charge in [0.25, 0.3) is 10.0 Å². The van der Waals surface area contributed by atoms with Gasteiger partial charge in [0.1, 0.15) is 0 Å². The van der Waals surface area contributed by atoms with E-state index in [0.29, 0.717) is 16.5 Å². The van der Waals surface area contributed by atoms with E-state index in [0.717, 1.165) is 22.7 Å². The lowest BCUT2D eigenvalue weighted by molar-refractivity contribution is 0.425. The standard InChI is InChI=1S/C25H23ClN2O2S/c1-28(19-6-3-2-4-7-19)31(29,30)20-14-15-24-23(16-20)21-8-5-9-22(21)25(27-24)17-10-12-18(26)13-11-17/h2-8,10-16,21-22,25,27H,9H2,1H3. The molecule has 3 aromatic rings. The quantitative estimate of drug-likeness (QED) is 0.496. The molecule has 1 N–H and O–H groups in total. The van der Waals surface area contributed by atoms with Gasteiger partial charge in [-0.2, -0.15) is 0 Å². The monoisotopic (exact) mass is 450 g/mol. The van der Waals surface area contributed by atoms with E-state index in [1.165, 1.54) is 9.87 Å². The van der Waals surface area contributed by atoms with Crippen LogP contribution in [0.3, 0.4) is 0 Å². The van der Waals surface area contributed by atoms with Gasteiger partial charge in [-0.25, -0.2) is 8.42 Å². The van der Waals surface area contributed by atoms with E-state index >= 15 is 0 Å². The number of nitrogens with zero attached hydrogens (tertiary/aromatic N) is 1. The highest BCUT2D eigenvalue weighted by atomic mass is 35.5. The molecular weight excluding hydrogens is 428 g/mol. The minimum atomic E-state index is -3.66. The smallest absolute Gasteiger partial charge is 0.264 e. The highest BCUT2D eigenvalue weighted by Gasteiger charge is 2.38. The Labute approximate surface area is 188 Å². The summed E-state index contributed by atoms with van der Waals surface area (Å²) in [6, 6.07) is 22.7. The zero-order valence-corrected chi connectivity index (χ0v) is 18.6. The maximum Gasteiger partial charge on any atom is 0.264 e. The van der Waals surface area contributed by atoms with Gasteiger partial charge in [0, 0.05) is 23.7 Å². The molecule has 0 bridgehead atoms. The third-order valence-electron chi connectivity index (χ3n) is 6.34. The Balaban J connectivity index is 1.52. The molecule has 1 aliphatic carbocycles. The lowest BCUT2D eigenvalue weighted by Crippen LogP contribution is -2.30. The number of hydrogen-bond acceptors (Lipinski definition) is 3. The molecule has 4 nitrogen and oxygen atoms in total. The van der Waals surface area contributed by atoms with Gasteiger partial charge < -0.3 is 5.32 Å². The SMILES string of the molecule is CN(c1ccccc1)S(=O)(=O)c1ccc2c(c1)C1C=CCC1C(c1ccc(Cl)cc1)N2. The van der Waals surface area contributed by atoms with E-state index in [1.807, 2.05) is 42.5 Å². The average Bonchev–Trinajstić information content (AvgIpc) is 3.29. The Kier molecular flexibility index (Phi) is 5.03. The van der Waals surface area contributed by atoms with Crippen LogP contribution < -0.4 is 9.62 Å². The van der Waals surface area contributed by atoms with Crippen LogP contribution in [0.2, 0.25) is 5.02 Å². The molecule has 0 fully saturated rings. The van der Waals surface area contributed by atoms with E-state index in [9.17, 15) is 8.42 Å². The Morgan fingerprint density at radius 2 is 1.74 bits per heavy atom. The molecule has 1 aliphatic heterocycles. The van der Waals surface area contributed by atoms with Crippen LogP contribution in [0.15, 0.2) is 89.8 Å². The summed E-state index contributed by atoms with van der Waals surface area (Å²) in [7, 11) is -2.06. The van der Waals surface area contributed by atoms with Crippen molar-refractivity contribution in [3.63, 3.8) is 0 Å². The van der Waals surface area contributed by atoms with Gasteiger partial charge in [-0.1, -0.05) is 54.1 Å². The van der Waals surface area contributed by atoms with Crippen LogP contribution in [0.25, 0.3) is 0 Å². The van der Waals surface area contributed by atoms with Crippen molar-refractivity contribution in [2.24, 2.45) is 5.92 Å². The summed E-state index contributed by atoms with van der Waals surface area (Å²) in [5.74, 6) is 0.507. The molecule has 3 aromatic carbocycles. The maximum atomic E-state index is 13.3. The average molecular weight is 451 g/mol. The van der Waals surface area contributed by atoms with E-state index < -0.39 is 10.0 Å². The molecule has 0 saturated carbocycles. The zero-order chi connectivity index (χ0) is 21.6. The van der Waals surface area contributed by atoms with Crippen molar-refractivity contribution in [2.75, 3.05) is 16.7 Å². The highest BCUT2D eigenvalue weighted by molar-refractivity contribution is 7.92. The van der Waals surface area contributed by atoms with E-state index in [-0.39, 0.29) is 12.0 Å². The highest BCUT2D eigenvalue weighted by Crippen LogP contribution is 2.50. The summed E-state index contributed by atoms with van der Waals surface area (Å²) in [6.45, 7) is 0. The molecule has 31 heavy (non-hydrogen) atoms. The molecule has 6 heteroatoms. The fourth-order valence-corrected chi connectivity index (χ4v) is 6.03. The minimum Gasteiger partial charge on any atom is -0.378 e. The summed E-state index contributed by atoms with van der Waals surface area (Å²) in [4.78, 5) is 0.309. The van der Waals surface area contributed by atoms with Crippen LogP contribution in [0.4, 0.5) is 11.4 Å². The second-order valence-corrected chi connectivity index (χ2v) is 10.5. The lowest BCUT2D eigenvalue weighted by atomic mass is 9.77. The van der Waals surface area contributed by atoms with Gasteiger partial charge >= 0.3 is 0 Å². The topological polar surface area (TPSA) is 49.4 Å². The number of halogens is 1. The molecule has 1 heterocycles. The van der Waals surface area contributed by atoms with Gasteiger partial charge in [-0.3, -0.25) is 4.31 Å². The van der Waals surface area contributed by atoms with Crippen molar-refractivity contribution >= 4 is 33.0 Å². The number of sulfonamides is 1. The summed E-state index contributed by atoms with van der Waals surface area (Å²) in [5, 5.41) is 4.37. The van der Waals surface area contributed by atoms with Crippen molar-refractivity contribution < 1.29 is 8.42 Å². The van der Waals surface area contributed by atoms with E-state index in [4.69, 9.17) is 11.6 Å². The van der Waals surface area contributed by atoms with Gasteiger partial charge in [0.15, 0.2) is 0 Å². The van der Waals surface area contributed by atoms with Gasteiger partial charge in [-0.15, -0.1) is 0 Å². The molecule has 3 unspecified atom stereocenters. The van der Waals surface area contributed by atoms with Crippen molar-refractivity contribution in [1.29, 1.82) is 0 Å². The first-order valence-electron chi connectivity index (χ1n) is 10.3. The van der Waals surface area contributed by atoms with E-state index in [1.54, 1.807) is 25.2 Å². The first-order valence-corrected chi connectivity index (χ1v) is 12.1. The molecular formula is C25H23ClN2O2S. The second-order valence-electron chi connectivity index (χ2n) is 8.08. The molecule has 2 aliphatic rings. The van der Waals surface area contributed by atoms with Crippen LogP contribution >= 0.6 is 11.6 Å². The van der Waals surface area contributed by atoms with Crippen LogP contribution in [0, 0.1) is 5.92 Å². The molecule has 0 aromatic heterocycles. The Bertz CT molecular complexity index is 1240. The van der Waals surface area contributed by atoms with Gasteiger partial charge in [0.2, 0.25) is 0 Å². The molecule has 0 saturated heterocycles. The first-order chi connectivity index (χ1) is 14.9. The van der Waals surface area contributed by atoms with Crippen LogP contribution in [-0.4, -0.2) is 15.5 Å². The predicted molar refractivity (Wildman–Crippen MR) is 126 cm³/mol. The predicted octanol–water partition coefficient (Wildman–Crippen LogP) is 5.99. The number of anilines is 2. The third kappa shape index (κ3) is 3.52. The molecule has 5 rings (SSSR count). The summed E-state index contributed by atoms with van der Waals surface area (Å²) in [6.07, 6.45) is 5.36. The van der Waals surface area contributed by atoms with Crippen LogP contribution in [0.1, 0.15) is 29.5 Å². The first kappa shape index (κ1) is 20.2. The van der Waals surface area contributed by atoms with Crippen LogP contribution in [0.5, 0.6) is 0 Å². The summed E-state index contributed by atoms with van der Waals surface area (Å²) < 4.78 is 27.9. The van der Waals surface area contributed by atoms with Crippen LogP contribution in [-0.2, 0) is 10.0 Å². The molecule has 158 valence electrons.